The maximum absolute atomic E-state index is 10.6. The highest BCUT2D eigenvalue weighted by Gasteiger charge is 2.15. The van der Waals surface area contributed by atoms with Gasteiger partial charge in [0.25, 0.3) is 0 Å². The Hall–Kier alpha value is -2.17. The van der Waals surface area contributed by atoms with Crippen molar-refractivity contribution in [1.82, 2.24) is 6.15 Å². The highest BCUT2D eigenvalue weighted by Crippen LogP contribution is 2.25. The lowest BCUT2D eigenvalue weighted by Crippen LogP contribution is -2.13. The van der Waals surface area contributed by atoms with Crippen molar-refractivity contribution in [2.45, 2.75) is 32.8 Å². The van der Waals surface area contributed by atoms with E-state index < -0.39 is 5.97 Å². The Morgan fingerprint density at radius 1 is 0.913 bits per heavy atom. The van der Waals surface area contributed by atoms with Crippen LogP contribution in [0.5, 0.6) is 0 Å². The Labute approximate surface area is 138 Å². The molecule has 2 aromatic carbocycles. The minimum absolute atomic E-state index is 0. The van der Waals surface area contributed by atoms with Crippen LogP contribution in [0.15, 0.2) is 60.7 Å². The molecule has 4 nitrogen and oxygen atoms in total. The zero-order valence-corrected chi connectivity index (χ0v) is 13.9. The monoisotopic (exact) mass is 317 g/mol. The number of aliphatic carboxylic acids is 1. The minimum Gasteiger partial charge on any atom is -0.480 e. The van der Waals surface area contributed by atoms with E-state index in [0.29, 0.717) is 0 Å². The standard InChI is InChI=1S/C15H14O3.C4H10.H3N/c16-14(17)11-18-15(12-7-3-1-4-8-12)13-9-5-2-6-10-13;1-3-4-2;/h1-10,15H,11H2,(H,16,17);3-4H2,1-2H3;1H3. The fourth-order valence-corrected chi connectivity index (χ4v) is 1.80. The highest BCUT2D eigenvalue weighted by molar-refractivity contribution is 5.68. The van der Waals surface area contributed by atoms with Gasteiger partial charge in [-0.1, -0.05) is 87.4 Å². The second kappa shape index (κ2) is 12.4. The van der Waals surface area contributed by atoms with Crippen molar-refractivity contribution in [3.8, 4) is 0 Å². The van der Waals surface area contributed by atoms with Crippen molar-refractivity contribution in [3.05, 3.63) is 71.8 Å². The average molecular weight is 317 g/mol. The summed E-state index contributed by atoms with van der Waals surface area (Å²) < 4.78 is 5.48. The van der Waals surface area contributed by atoms with E-state index >= 15 is 0 Å². The van der Waals surface area contributed by atoms with Crippen molar-refractivity contribution in [3.63, 3.8) is 0 Å². The molecule has 0 radical (unpaired) electrons. The summed E-state index contributed by atoms with van der Waals surface area (Å²) >= 11 is 0. The summed E-state index contributed by atoms with van der Waals surface area (Å²) in [6.45, 7) is 4.05. The highest BCUT2D eigenvalue weighted by atomic mass is 16.5. The van der Waals surface area contributed by atoms with Gasteiger partial charge in [-0.05, 0) is 11.1 Å². The van der Waals surface area contributed by atoms with Crippen molar-refractivity contribution < 1.29 is 14.6 Å². The van der Waals surface area contributed by atoms with E-state index in [-0.39, 0.29) is 18.9 Å². The molecule has 4 heteroatoms. The zero-order valence-electron chi connectivity index (χ0n) is 13.9. The predicted molar refractivity (Wildman–Crippen MR) is 93.9 cm³/mol. The first-order chi connectivity index (χ1) is 10.7. The van der Waals surface area contributed by atoms with Crippen LogP contribution in [0.4, 0.5) is 0 Å². The van der Waals surface area contributed by atoms with Gasteiger partial charge in [0.15, 0.2) is 0 Å². The summed E-state index contributed by atoms with van der Waals surface area (Å²) in [6.07, 6.45) is 2.29. The molecule has 0 aliphatic carbocycles. The minimum atomic E-state index is -0.966. The van der Waals surface area contributed by atoms with Crippen molar-refractivity contribution in [1.29, 1.82) is 0 Å². The van der Waals surface area contributed by atoms with E-state index in [1.54, 1.807) is 0 Å². The van der Waals surface area contributed by atoms with Gasteiger partial charge in [-0.3, -0.25) is 0 Å². The number of unbranched alkanes of at least 4 members (excludes halogenated alkanes) is 1. The normalized spacial score (nSPS) is 9.52. The van der Waals surface area contributed by atoms with Gasteiger partial charge in [-0.25, -0.2) is 4.79 Å². The summed E-state index contributed by atoms with van der Waals surface area (Å²) in [5.74, 6) is -0.966. The quantitative estimate of drug-likeness (QED) is 0.798. The SMILES string of the molecule is CCCC.N.O=C(O)COC(c1ccccc1)c1ccccc1. The number of ether oxygens (including phenoxy) is 1. The Morgan fingerprint density at radius 2 is 1.30 bits per heavy atom. The van der Waals surface area contributed by atoms with Crippen molar-refractivity contribution in [2.75, 3.05) is 6.61 Å². The average Bonchev–Trinajstić information content (AvgIpc) is 2.57. The van der Waals surface area contributed by atoms with Crippen LogP contribution in [-0.2, 0) is 9.53 Å². The maximum Gasteiger partial charge on any atom is 0.329 e. The van der Waals surface area contributed by atoms with Crippen LogP contribution >= 0.6 is 0 Å². The van der Waals surface area contributed by atoms with Crippen LogP contribution in [0.3, 0.4) is 0 Å². The number of hydrogen-bond donors (Lipinski definition) is 2. The van der Waals surface area contributed by atoms with E-state index in [4.69, 9.17) is 9.84 Å². The molecule has 0 spiro atoms. The molecule has 0 saturated carbocycles. The second-order valence-electron chi connectivity index (χ2n) is 4.91. The first-order valence-corrected chi connectivity index (χ1v) is 7.62. The molecular formula is C19H27NO3. The third-order valence-corrected chi connectivity index (χ3v) is 3.08. The molecule has 0 aliphatic heterocycles. The fourth-order valence-electron chi connectivity index (χ4n) is 1.80. The maximum atomic E-state index is 10.6. The summed E-state index contributed by atoms with van der Waals surface area (Å²) in [6, 6.07) is 19.2. The molecule has 2 rings (SSSR count). The number of hydrogen-bond acceptors (Lipinski definition) is 3. The molecule has 0 saturated heterocycles. The molecule has 0 aromatic heterocycles. The molecule has 0 bridgehead atoms. The smallest absolute Gasteiger partial charge is 0.329 e. The number of carboxylic acids is 1. The first kappa shape index (κ1) is 20.8. The second-order valence-corrected chi connectivity index (χ2v) is 4.91. The molecule has 126 valence electrons. The van der Waals surface area contributed by atoms with Gasteiger partial charge in [0, 0.05) is 0 Å². The van der Waals surface area contributed by atoms with Gasteiger partial charge in [-0.2, -0.15) is 0 Å². The fraction of sp³-hybridized carbons (Fsp3) is 0.316. The van der Waals surface area contributed by atoms with Crippen LogP contribution in [0.2, 0.25) is 0 Å². The number of benzene rings is 2. The molecular weight excluding hydrogens is 290 g/mol. The third kappa shape index (κ3) is 8.14. The molecule has 0 heterocycles. The number of rotatable bonds is 6. The lowest BCUT2D eigenvalue weighted by atomic mass is 10.0. The molecule has 0 amide bonds. The Bertz CT molecular complexity index is 487. The van der Waals surface area contributed by atoms with Crippen LogP contribution < -0.4 is 6.15 Å². The predicted octanol–water partition coefficient (Wildman–Crippen LogP) is 4.85. The number of carboxylic acid groups (broad SMARTS) is 1. The molecule has 0 unspecified atom stereocenters. The van der Waals surface area contributed by atoms with Crippen molar-refractivity contribution in [2.24, 2.45) is 0 Å². The molecule has 23 heavy (non-hydrogen) atoms. The molecule has 0 aliphatic rings. The number of carbonyl (C=O) groups is 1. The van der Waals surface area contributed by atoms with E-state index in [1.807, 2.05) is 60.7 Å². The first-order valence-electron chi connectivity index (χ1n) is 7.62. The van der Waals surface area contributed by atoms with Gasteiger partial charge in [-0.15, -0.1) is 0 Å². The Morgan fingerprint density at radius 3 is 1.61 bits per heavy atom. The topological polar surface area (TPSA) is 81.5 Å². The van der Waals surface area contributed by atoms with Gasteiger partial charge < -0.3 is 16.0 Å². The molecule has 4 N–H and O–H groups in total. The zero-order chi connectivity index (χ0) is 16.2. The third-order valence-electron chi connectivity index (χ3n) is 3.08. The van der Waals surface area contributed by atoms with Crippen LogP contribution in [0.25, 0.3) is 0 Å². The van der Waals surface area contributed by atoms with Gasteiger partial charge in [0.05, 0.1) is 0 Å². The summed E-state index contributed by atoms with van der Waals surface area (Å²) in [4.78, 5) is 10.6. The van der Waals surface area contributed by atoms with Crippen molar-refractivity contribution >= 4 is 5.97 Å². The molecule has 0 atom stereocenters. The van der Waals surface area contributed by atoms with E-state index in [2.05, 4.69) is 13.8 Å². The van der Waals surface area contributed by atoms with Gasteiger partial charge in [0.2, 0.25) is 0 Å². The summed E-state index contributed by atoms with van der Waals surface area (Å²) in [5.41, 5.74) is 1.90. The Kier molecular flexibility index (Phi) is 11.2. The van der Waals surface area contributed by atoms with E-state index in [0.717, 1.165) is 11.1 Å². The van der Waals surface area contributed by atoms with Gasteiger partial charge >= 0.3 is 5.97 Å². The van der Waals surface area contributed by atoms with E-state index in [1.165, 1.54) is 12.8 Å². The Balaban J connectivity index is 0.000000871. The van der Waals surface area contributed by atoms with Gasteiger partial charge in [0.1, 0.15) is 12.7 Å². The van der Waals surface area contributed by atoms with Crippen LogP contribution in [0.1, 0.15) is 43.9 Å². The van der Waals surface area contributed by atoms with Crippen LogP contribution in [-0.4, -0.2) is 17.7 Å². The summed E-state index contributed by atoms with van der Waals surface area (Å²) in [7, 11) is 0. The lowest BCUT2D eigenvalue weighted by molar-refractivity contribution is -0.143. The lowest BCUT2D eigenvalue weighted by Gasteiger charge is -2.17. The molecule has 0 fully saturated rings. The van der Waals surface area contributed by atoms with E-state index in [9.17, 15) is 4.79 Å². The largest absolute Gasteiger partial charge is 0.480 e. The van der Waals surface area contributed by atoms with Crippen LogP contribution in [0, 0.1) is 0 Å². The summed E-state index contributed by atoms with van der Waals surface area (Å²) in [5, 5.41) is 8.73. The molecule has 2 aromatic rings.